The number of nitrogens with two attached hydrogens (primary N) is 1. The van der Waals surface area contributed by atoms with Crippen molar-refractivity contribution in [2.45, 2.75) is 13.5 Å². The van der Waals surface area contributed by atoms with Crippen LogP contribution in [0.2, 0.25) is 0 Å². The summed E-state index contributed by atoms with van der Waals surface area (Å²) in [7, 11) is 3.28. The number of carbonyl (C=O) groups is 2. The number of amides is 2. The molecule has 2 amide bonds. The van der Waals surface area contributed by atoms with E-state index in [9.17, 15) is 9.59 Å². The van der Waals surface area contributed by atoms with Crippen LogP contribution in [0.5, 0.6) is 0 Å². The Hall–Kier alpha value is -1.88. The van der Waals surface area contributed by atoms with Gasteiger partial charge < -0.3 is 16.0 Å². The summed E-state index contributed by atoms with van der Waals surface area (Å²) in [5.74, 6) is -0.418. The molecule has 104 valence electrons. The van der Waals surface area contributed by atoms with Crippen molar-refractivity contribution in [1.29, 1.82) is 0 Å². The number of benzene rings is 1. The largest absolute Gasteiger partial charge is 0.359 e. The zero-order valence-electron chi connectivity index (χ0n) is 11.6. The molecule has 1 aromatic rings. The zero-order valence-corrected chi connectivity index (χ0v) is 11.6. The summed E-state index contributed by atoms with van der Waals surface area (Å²) in [5, 5.41) is 2.57. The first-order valence-corrected chi connectivity index (χ1v) is 6.25. The van der Waals surface area contributed by atoms with Crippen molar-refractivity contribution < 1.29 is 9.59 Å². The SMILES string of the molecule is CNC(=O)C(C)CN(C)C(=O)c1cccc(CN)c1. The predicted octanol–water partition coefficient (Wildman–Crippen LogP) is 0.599. The van der Waals surface area contributed by atoms with Gasteiger partial charge in [0.25, 0.3) is 5.91 Å². The van der Waals surface area contributed by atoms with E-state index in [0.717, 1.165) is 5.56 Å². The molecule has 19 heavy (non-hydrogen) atoms. The van der Waals surface area contributed by atoms with Crippen molar-refractivity contribution in [3.63, 3.8) is 0 Å². The Kier molecular flexibility index (Phi) is 5.51. The van der Waals surface area contributed by atoms with Gasteiger partial charge in [0.05, 0.1) is 5.92 Å². The van der Waals surface area contributed by atoms with Gasteiger partial charge in [0.2, 0.25) is 5.91 Å². The highest BCUT2D eigenvalue weighted by Gasteiger charge is 2.18. The fourth-order valence-electron chi connectivity index (χ4n) is 1.87. The van der Waals surface area contributed by atoms with Gasteiger partial charge in [-0.05, 0) is 17.7 Å². The fourth-order valence-corrected chi connectivity index (χ4v) is 1.87. The predicted molar refractivity (Wildman–Crippen MR) is 74.5 cm³/mol. The molecule has 0 saturated heterocycles. The molecule has 0 radical (unpaired) electrons. The average molecular weight is 263 g/mol. The third kappa shape index (κ3) is 4.06. The number of carbonyl (C=O) groups excluding carboxylic acids is 2. The van der Waals surface area contributed by atoms with Gasteiger partial charge in [-0.25, -0.2) is 0 Å². The fraction of sp³-hybridized carbons (Fsp3) is 0.429. The van der Waals surface area contributed by atoms with Crippen molar-refractivity contribution in [3.8, 4) is 0 Å². The van der Waals surface area contributed by atoms with Crippen molar-refractivity contribution in [2.75, 3.05) is 20.6 Å². The van der Waals surface area contributed by atoms with E-state index in [1.54, 1.807) is 38.1 Å². The summed E-state index contributed by atoms with van der Waals surface area (Å²) in [5.41, 5.74) is 7.06. The Balaban J connectivity index is 2.73. The molecule has 1 unspecified atom stereocenters. The van der Waals surface area contributed by atoms with Crippen LogP contribution in [-0.4, -0.2) is 37.4 Å². The van der Waals surface area contributed by atoms with Crippen LogP contribution in [0.15, 0.2) is 24.3 Å². The maximum Gasteiger partial charge on any atom is 0.253 e. The molecule has 0 aliphatic rings. The highest BCUT2D eigenvalue weighted by molar-refractivity contribution is 5.94. The minimum atomic E-state index is -0.239. The minimum absolute atomic E-state index is 0.0737. The normalized spacial score (nSPS) is 11.8. The molecule has 1 rings (SSSR count). The van der Waals surface area contributed by atoms with E-state index >= 15 is 0 Å². The van der Waals surface area contributed by atoms with Crippen LogP contribution < -0.4 is 11.1 Å². The molecule has 1 atom stereocenters. The van der Waals surface area contributed by atoms with Gasteiger partial charge in [0, 0.05) is 32.7 Å². The number of hydrogen-bond donors (Lipinski definition) is 2. The van der Waals surface area contributed by atoms with E-state index < -0.39 is 0 Å². The smallest absolute Gasteiger partial charge is 0.253 e. The molecule has 0 aliphatic heterocycles. The summed E-state index contributed by atoms with van der Waals surface area (Å²) >= 11 is 0. The molecule has 0 bridgehead atoms. The van der Waals surface area contributed by atoms with E-state index in [0.29, 0.717) is 18.7 Å². The summed E-state index contributed by atoms with van der Waals surface area (Å²) in [6.07, 6.45) is 0. The van der Waals surface area contributed by atoms with Crippen molar-refractivity contribution >= 4 is 11.8 Å². The van der Waals surface area contributed by atoms with Crippen LogP contribution >= 0.6 is 0 Å². The van der Waals surface area contributed by atoms with E-state index in [4.69, 9.17) is 5.73 Å². The van der Waals surface area contributed by atoms with Crippen LogP contribution in [0.1, 0.15) is 22.8 Å². The highest BCUT2D eigenvalue weighted by atomic mass is 16.2. The number of nitrogens with one attached hydrogen (secondary N) is 1. The van der Waals surface area contributed by atoms with Gasteiger partial charge >= 0.3 is 0 Å². The number of hydrogen-bond acceptors (Lipinski definition) is 3. The lowest BCUT2D eigenvalue weighted by molar-refractivity contribution is -0.124. The Bertz CT molecular complexity index is 460. The molecule has 1 aromatic carbocycles. The molecule has 0 saturated carbocycles. The molecule has 0 spiro atoms. The molecule has 0 aromatic heterocycles. The second kappa shape index (κ2) is 6.89. The van der Waals surface area contributed by atoms with E-state index in [2.05, 4.69) is 5.32 Å². The molecular formula is C14H21N3O2. The lowest BCUT2D eigenvalue weighted by Crippen LogP contribution is -2.37. The lowest BCUT2D eigenvalue weighted by Gasteiger charge is -2.21. The Morgan fingerprint density at radius 3 is 2.68 bits per heavy atom. The van der Waals surface area contributed by atoms with E-state index in [1.807, 2.05) is 12.1 Å². The van der Waals surface area contributed by atoms with Gasteiger partial charge in [-0.15, -0.1) is 0 Å². The van der Waals surface area contributed by atoms with Gasteiger partial charge in [-0.1, -0.05) is 19.1 Å². The molecule has 5 heteroatoms. The summed E-state index contributed by atoms with van der Waals surface area (Å²) in [6, 6.07) is 7.22. The molecule has 5 nitrogen and oxygen atoms in total. The molecule has 0 heterocycles. The summed E-state index contributed by atoms with van der Waals surface area (Å²) < 4.78 is 0. The third-order valence-electron chi connectivity index (χ3n) is 3.00. The van der Waals surface area contributed by atoms with Gasteiger partial charge in [-0.2, -0.15) is 0 Å². The highest BCUT2D eigenvalue weighted by Crippen LogP contribution is 2.09. The maximum absolute atomic E-state index is 12.2. The third-order valence-corrected chi connectivity index (χ3v) is 3.00. The second-order valence-corrected chi connectivity index (χ2v) is 4.61. The number of nitrogens with zero attached hydrogens (tertiary/aromatic N) is 1. The van der Waals surface area contributed by atoms with Gasteiger partial charge in [0.15, 0.2) is 0 Å². The van der Waals surface area contributed by atoms with Gasteiger partial charge in [0.1, 0.15) is 0 Å². The summed E-state index contributed by atoms with van der Waals surface area (Å²) in [6.45, 7) is 2.57. The molecule has 0 aliphatic carbocycles. The monoisotopic (exact) mass is 263 g/mol. The molecular weight excluding hydrogens is 242 g/mol. The zero-order chi connectivity index (χ0) is 14.4. The first kappa shape index (κ1) is 15.2. The van der Waals surface area contributed by atoms with Crippen LogP contribution in [0.3, 0.4) is 0 Å². The second-order valence-electron chi connectivity index (χ2n) is 4.61. The van der Waals surface area contributed by atoms with Crippen LogP contribution in [0, 0.1) is 5.92 Å². The Labute approximate surface area is 113 Å². The topological polar surface area (TPSA) is 75.4 Å². The van der Waals surface area contributed by atoms with E-state index in [-0.39, 0.29) is 17.7 Å². The first-order chi connectivity index (χ1) is 8.99. The van der Waals surface area contributed by atoms with Gasteiger partial charge in [-0.3, -0.25) is 9.59 Å². The van der Waals surface area contributed by atoms with Crippen LogP contribution in [0.25, 0.3) is 0 Å². The number of rotatable bonds is 5. The van der Waals surface area contributed by atoms with Crippen LogP contribution in [-0.2, 0) is 11.3 Å². The quantitative estimate of drug-likeness (QED) is 0.817. The standard InChI is InChI=1S/C14H21N3O2/c1-10(13(18)16-2)9-17(3)14(19)12-6-4-5-11(7-12)8-15/h4-7,10H,8-9,15H2,1-3H3,(H,16,18). The molecule has 3 N–H and O–H groups in total. The van der Waals surface area contributed by atoms with Crippen molar-refractivity contribution in [2.24, 2.45) is 11.7 Å². The Morgan fingerprint density at radius 1 is 1.42 bits per heavy atom. The lowest BCUT2D eigenvalue weighted by atomic mass is 10.1. The first-order valence-electron chi connectivity index (χ1n) is 6.25. The van der Waals surface area contributed by atoms with Crippen molar-refractivity contribution in [3.05, 3.63) is 35.4 Å². The Morgan fingerprint density at radius 2 is 2.11 bits per heavy atom. The van der Waals surface area contributed by atoms with Crippen LogP contribution in [0.4, 0.5) is 0 Å². The average Bonchev–Trinajstić information content (AvgIpc) is 2.45. The molecule has 0 fully saturated rings. The van der Waals surface area contributed by atoms with Crippen molar-refractivity contribution in [1.82, 2.24) is 10.2 Å². The maximum atomic E-state index is 12.2. The summed E-state index contributed by atoms with van der Waals surface area (Å²) in [4.78, 5) is 25.2. The van der Waals surface area contributed by atoms with E-state index in [1.165, 1.54) is 0 Å². The minimum Gasteiger partial charge on any atom is -0.359 e.